The predicted octanol–water partition coefficient (Wildman–Crippen LogP) is 3.51. The minimum absolute atomic E-state index is 0. The first-order valence-corrected chi connectivity index (χ1v) is 7.79. The summed E-state index contributed by atoms with van der Waals surface area (Å²) in [7, 11) is 1.72. The highest BCUT2D eigenvalue weighted by Crippen LogP contribution is 2.38. The lowest BCUT2D eigenvalue weighted by Crippen LogP contribution is -2.37. The lowest BCUT2D eigenvalue weighted by atomic mass is 9.69. The topological polar surface area (TPSA) is 50.4 Å². The van der Waals surface area contributed by atoms with Crippen molar-refractivity contribution in [3.05, 3.63) is 48.6 Å². The zero-order chi connectivity index (χ0) is 15.4. The number of nitrogens with two attached hydrogens (primary N) is 1. The van der Waals surface area contributed by atoms with Gasteiger partial charge in [0.05, 0.1) is 6.34 Å². The van der Waals surface area contributed by atoms with Gasteiger partial charge in [0.1, 0.15) is 0 Å². The summed E-state index contributed by atoms with van der Waals surface area (Å²) in [4.78, 5) is 3.69. The Kier molecular flexibility index (Phi) is 8.44. The maximum absolute atomic E-state index is 5.97. The van der Waals surface area contributed by atoms with E-state index in [9.17, 15) is 0 Å². The lowest BCUT2D eigenvalue weighted by molar-refractivity contribution is 0.301. The van der Waals surface area contributed by atoms with Gasteiger partial charge in [0.15, 0.2) is 0 Å². The number of aliphatic imine (C=N–C) groups is 1. The quantitative estimate of drug-likeness (QED) is 0.377. The van der Waals surface area contributed by atoms with Crippen molar-refractivity contribution in [2.45, 2.75) is 37.5 Å². The van der Waals surface area contributed by atoms with Gasteiger partial charge in [-0.15, -0.1) is 6.58 Å². The van der Waals surface area contributed by atoms with Gasteiger partial charge in [-0.3, -0.25) is 4.99 Å². The fourth-order valence-electron chi connectivity index (χ4n) is 2.86. The average Bonchev–Trinajstić information content (AvgIpc) is 2.57. The van der Waals surface area contributed by atoms with Crippen molar-refractivity contribution in [2.75, 3.05) is 20.1 Å². The molecule has 1 aliphatic carbocycles. The second kappa shape index (κ2) is 10.2. The molecule has 0 amide bonds. The standard InChI is InChI=1S/C13H19N.C5H10N2.H2/c14-11-13(9-5-2-6-10-13)12-7-3-1-4-8-12;1-3-4-7-5-6-2;/h1,3-4,7-8H,2,5-6,9-11,14H2;3,5H,1,4H2,2H3,(H,6,7);1H. The van der Waals surface area contributed by atoms with E-state index in [0.29, 0.717) is 5.41 Å². The molecule has 0 bridgehead atoms. The smallest absolute Gasteiger partial charge is 0.0822 e. The Morgan fingerprint density at radius 3 is 2.48 bits per heavy atom. The van der Waals surface area contributed by atoms with Crippen LogP contribution < -0.4 is 11.1 Å². The van der Waals surface area contributed by atoms with E-state index in [1.165, 1.54) is 37.7 Å². The fraction of sp³-hybridized carbons (Fsp3) is 0.500. The van der Waals surface area contributed by atoms with Crippen LogP contribution in [-0.2, 0) is 5.41 Å². The van der Waals surface area contributed by atoms with Crippen LogP contribution in [0, 0.1) is 0 Å². The molecule has 0 radical (unpaired) electrons. The van der Waals surface area contributed by atoms with Crippen LogP contribution in [0.4, 0.5) is 0 Å². The van der Waals surface area contributed by atoms with Crippen molar-refractivity contribution < 1.29 is 1.43 Å². The van der Waals surface area contributed by atoms with Crippen molar-refractivity contribution in [3.8, 4) is 0 Å². The minimum Gasteiger partial charge on any atom is -0.373 e. The minimum atomic E-state index is 0. The van der Waals surface area contributed by atoms with Crippen molar-refractivity contribution in [3.63, 3.8) is 0 Å². The van der Waals surface area contributed by atoms with Gasteiger partial charge in [-0.05, 0) is 18.4 Å². The van der Waals surface area contributed by atoms with Gasteiger partial charge < -0.3 is 11.1 Å². The normalized spacial score (nSPS) is 16.9. The first kappa shape index (κ1) is 17.4. The van der Waals surface area contributed by atoms with E-state index in [-0.39, 0.29) is 1.43 Å². The molecule has 0 aromatic heterocycles. The molecule has 0 spiro atoms. The van der Waals surface area contributed by atoms with Gasteiger partial charge in [-0.2, -0.15) is 0 Å². The third-order valence-corrected chi connectivity index (χ3v) is 4.07. The van der Waals surface area contributed by atoms with E-state index in [1.54, 1.807) is 19.5 Å². The summed E-state index contributed by atoms with van der Waals surface area (Å²) < 4.78 is 0. The van der Waals surface area contributed by atoms with Crippen LogP contribution in [0.15, 0.2) is 48.0 Å². The van der Waals surface area contributed by atoms with Gasteiger partial charge >= 0.3 is 0 Å². The largest absolute Gasteiger partial charge is 0.373 e. The van der Waals surface area contributed by atoms with Crippen molar-refractivity contribution >= 4 is 6.34 Å². The van der Waals surface area contributed by atoms with E-state index in [1.807, 2.05) is 0 Å². The van der Waals surface area contributed by atoms with Gasteiger partial charge in [-0.1, -0.05) is 55.7 Å². The van der Waals surface area contributed by atoms with E-state index < -0.39 is 0 Å². The van der Waals surface area contributed by atoms with Crippen molar-refractivity contribution in [2.24, 2.45) is 10.7 Å². The predicted molar refractivity (Wildman–Crippen MR) is 95.0 cm³/mol. The summed E-state index contributed by atoms with van der Waals surface area (Å²) in [6, 6.07) is 10.8. The molecule has 2 rings (SSSR count). The summed E-state index contributed by atoms with van der Waals surface area (Å²) in [5.41, 5.74) is 7.71. The third kappa shape index (κ3) is 5.72. The van der Waals surface area contributed by atoms with Gasteiger partial charge in [0.2, 0.25) is 0 Å². The Balaban J connectivity index is 0.000000478. The monoisotopic (exact) mass is 289 g/mol. The summed E-state index contributed by atoms with van der Waals surface area (Å²) in [6.45, 7) is 5.10. The number of nitrogens with one attached hydrogen (secondary N) is 1. The molecule has 3 heteroatoms. The Bertz CT molecular complexity index is 412. The van der Waals surface area contributed by atoms with Crippen LogP contribution in [0.25, 0.3) is 0 Å². The Morgan fingerprint density at radius 2 is 1.95 bits per heavy atom. The van der Waals surface area contributed by atoms with Crippen LogP contribution in [0.5, 0.6) is 0 Å². The SMILES string of the molecule is C=CCNC=NC.NCC1(c2ccccc2)CCCCC1.[HH]. The van der Waals surface area contributed by atoms with Gasteiger partial charge in [0.25, 0.3) is 0 Å². The molecule has 3 nitrogen and oxygen atoms in total. The molecule has 3 N–H and O–H groups in total. The third-order valence-electron chi connectivity index (χ3n) is 4.07. The molecule has 21 heavy (non-hydrogen) atoms. The highest BCUT2D eigenvalue weighted by Gasteiger charge is 2.31. The molecule has 0 unspecified atom stereocenters. The van der Waals surface area contributed by atoms with E-state index in [2.05, 4.69) is 47.2 Å². The molecule has 0 atom stereocenters. The van der Waals surface area contributed by atoms with Crippen LogP contribution in [0.2, 0.25) is 0 Å². The second-order valence-corrected chi connectivity index (χ2v) is 5.50. The summed E-state index contributed by atoms with van der Waals surface area (Å²) in [5, 5.41) is 2.88. The van der Waals surface area contributed by atoms with Crippen molar-refractivity contribution in [1.29, 1.82) is 0 Å². The van der Waals surface area contributed by atoms with E-state index >= 15 is 0 Å². The number of nitrogens with zero attached hydrogens (tertiary/aromatic N) is 1. The first-order chi connectivity index (χ1) is 10.3. The molecular weight excluding hydrogens is 258 g/mol. The molecule has 0 aliphatic heterocycles. The van der Waals surface area contributed by atoms with Crippen LogP contribution >= 0.6 is 0 Å². The molecule has 1 aromatic rings. The molecule has 1 aliphatic rings. The Labute approximate surface area is 130 Å². The fourth-order valence-corrected chi connectivity index (χ4v) is 2.86. The van der Waals surface area contributed by atoms with Gasteiger partial charge in [0, 0.05) is 27.0 Å². The lowest BCUT2D eigenvalue weighted by Gasteiger charge is -2.36. The maximum Gasteiger partial charge on any atom is 0.0822 e. The second-order valence-electron chi connectivity index (χ2n) is 5.50. The molecule has 118 valence electrons. The van der Waals surface area contributed by atoms with Crippen LogP contribution in [0.1, 0.15) is 39.1 Å². The van der Waals surface area contributed by atoms with Crippen LogP contribution in [0.3, 0.4) is 0 Å². The Hall–Kier alpha value is -1.61. The van der Waals surface area contributed by atoms with Crippen LogP contribution in [-0.4, -0.2) is 26.5 Å². The molecule has 0 saturated heterocycles. The molecular formula is C18H31N3. The number of rotatable bonds is 5. The Morgan fingerprint density at radius 1 is 1.29 bits per heavy atom. The zero-order valence-corrected chi connectivity index (χ0v) is 13.2. The van der Waals surface area contributed by atoms with E-state index in [4.69, 9.17) is 5.73 Å². The molecule has 0 heterocycles. The van der Waals surface area contributed by atoms with Crippen molar-refractivity contribution in [1.82, 2.24) is 5.32 Å². The number of hydrogen-bond donors (Lipinski definition) is 2. The molecule has 1 fully saturated rings. The number of benzene rings is 1. The molecule has 1 saturated carbocycles. The maximum atomic E-state index is 5.97. The summed E-state index contributed by atoms with van der Waals surface area (Å²) in [6.07, 6.45) is 10.0. The summed E-state index contributed by atoms with van der Waals surface area (Å²) >= 11 is 0. The summed E-state index contributed by atoms with van der Waals surface area (Å²) in [5.74, 6) is 0. The zero-order valence-electron chi connectivity index (χ0n) is 13.2. The highest BCUT2D eigenvalue weighted by atomic mass is 14.9. The molecule has 1 aromatic carbocycles. The van der Waals surface area contributed by atoms with E-state index in [0.717, 1.165) is 13.1 Å². The first-order valence-electron chi connectivity index (χ1n) is 7.79. The average molecular weight is 289 g/mol. The number of hydrogen-bond acceptors (Lipinski definition) is 2. The van der Waals surface area contributed by atoms with Gasteiger partial charge in [-0.25, -0.2) is 0 Å². The highest BCUT2D eigenvalue weighted by molar-refractivity contribution is 5.53.